The molecule has 0 amide bonds. The van der Waals surface area contributed by atoms with E-state index in [1.54, 1.807) is 44.9 Å². The Hall–Kier alpha value is 0. The van der Waals surface area contributed by atoms with Crippen LogP contribution in [0.3, 0.4) is 0 Å². The highest BCUT2D eigenvalue weighted by atomic mass is 14.4. The molecule has 0 aliphatic heterocycles. The highest BCUT2D eigenvalue weighted by molar-refractivity contribution is 4.87. The first-order chi connectivity index (χ1) is 8.84. The molecule has 0 radical (unpaired) electrons. The standard InChI is InChI=1S/C18H32/c1-14(15-7-3-2-4-8-15)17-12-11-16-9-5-6-10-18(16)13-17/h14-18H,2-13H2,1H3. The van der Waals surface area contributed by atoms with E-state index in [-0.39, 0.29) is 0 Å². The fourth-order valence-corrected chi connectivity index (χ4v) is 5.43. The lowest BCUT2D eigenvalue weighted by atomic mass is 9.62. The van der Waals surface area contributed by atoms with E-state index in [0.29, 0.717) is 0 Å². The maximum Gasteiger partial charge on any atom is -0.0383 e. The van der Waals surface area contributed by atoms with Gasteiger partial charge in [0.05, 0.1) is 0 Å². The van der Waals surface area contributed by atoms with E-state index in [1.165, 1.54) is 32.1 Å². The van der Waals surface area contributed by atoms with Gasteiger partial charge in [0.15, 0.2) is 0 Å². The van der Waals surface area contributed by atoms with Gasteiger partial charge in [-0.3, -0.25) is 0 Å². The maximum atomic E-state index is 2.60. The summed E-state index contributed by atoms with van der Waals surface area (Å²) in [6.07, 6.45) is 18.6. The van der Waals surface area contributed by atoms with Crippen LogP contribution in [0.5, 0.6) is 0 Å². The molecule has 104 valence electrons. The van der Waals surface area contributed by atoms with Crippen LogP contribution in [0.25, 0.3) is 0 Å². The van der Waals surface area contributed by atoms with Crippen LogP contribution in [0, 0.1) is 29.6 Å². The summed E-state index contributed by atoms with van der Waals surface area (Å²) >= 11 is 0. The van der Waals surface area contributed by atoms with Gasteiger partial charge < -0.3 is 0 Å². The zero-order valence-electron chi connectivity index (χ0n) is 12.4. The van der Waals surface area contributed by atoms with Crippen molar-refractivity contribution in [2.24, 2.45) is 29.6 Å². The number of fused-ring (bicyclic) bond motifs is 1. The van der Waals surface area contributed by atoms with Gasteiger partial charge >= 0.3 is 0 Å². The molecule has 0 aromatic heterocycles. The van der Waals surface area contributed by atoms with Crippen LogP contribution in [0.2, 0.25) is 0 Å². The smallest absolute Gasteiger partial charge is 0.0383 e. The highest BCUT2D eigenvalue weighted by Crippen LogP contribution is 2.47. The predicted molar refractivity (Wildman–Crippen MR) is 78.5 cm³/mol. The molecule has 4 atom stereocenters. The molecule has 0 heterocycles. The quantitative estimate of drug-likeness (QED) is 0.578. The first kappa shape index (κ1) is 13.0. The van der Waals surface area contributed by atoms with Gasteiger partial charge in [-0.1, -0.05) is 64.7 Å². The average molecular weight is 248 g/mol. The van der Waals surface area contributed by atoms with E-state index in [0.717, 1.165) is 29.6 Å². The average Bonchev–Trinajstić information content (AvgIpc) is 2.47. The van der Waals surface area contributed by atoms with Crippen LogP contribution >= 0.6 is 0 Å². The Bertz CT molecular complexity index is 248. The topological polar surface area (TPSA) is 0 Å². The fraction of sp³-hybridized carbons (Fsp3) is 1.00. The molecule has 0 aromatic carbocycles. The Morgan fingerprint density at radius 1 is 0.611 bits per heavy atom. The molecule has 0 nitrogen and oxygen atoms in total. The molecule has 0 saturated heterocycles. The van der Waals surface area contributed by atoms with E-state index in [2.05, 4.69) is 6.92 Å². The third-order valence-corrected chi connectivity index (χ3v) is 6.72. The number of rotatable bonds is 2. The summed E-state index contributed by atoms with van der Waals surface area (Å²) in [7, 11) is 0. The Morgan fingerprint density at radius 3 is 2.06 bits per heavy atom. The lowest BCUT2D eigenvalue weighted by Crippen LogP contribution is -2.33. The lowest BCUT2D eigenvalue weighted by molar-refractivity contribution is 0.0751. The summed E-state index contributed by atoms with van der Waals surface area (Å²) < 4.78 is 0. The van der Waals surface area contributed by atoms with Crippen LogP contribution in [-0.2, 0) is 0 Å². The molecule has 3 aliphatic rings. The van der Waals surface area contributed by atoms with Gasteiger partial charge in [0, 0.05) is 0 Å². The third kappa shape index (κ3) is 2.78. The molecular formula is C18H32. The zero-order chi connectivity index (χ0) is 12.4. The van der Waals surface area contributed by atoms with Crippen LogP contribution < -0.4 is 0 Å². The summed E-state index contributed by atoms with van der Waals surface area (Å²) in [5.74, 6) is 5.47. The number of hydrogen-bond acceptors (Lipinski definition) is 0. The second-order valence-electron chi connectivity index (χ2n) is 7.63. The summed E-state index contributed by atoms with van der Waals surface area (Å²) in [6.45, 7) is 2.60. The molecule has 0 heteroatoms. The summed E-state index contributed by atoms with van der Waals surface area (Å²) in [4.78, 5) is 0. The van der Waals surface area contributed by atoms with Gasteiger partial charge in [-0.25, -0.2) is 0 Å². The van der Waals surface area contributed by atoms with Gasteiger partial charge in [-0.2, -0.15) is 0 Å². The molecule has 3 saturated carbocycles. The fourth-order valence-electron chi connectivity index (χ4n) is 5.43. The molecule has 0 N–H and O–H groups in total. The van der Waals surface area contributed by atoms with Crippen LogP contribution in [0.1, 0.15) is 84.0 Å². The Balaban J connectivity index is 1.55. The Kier molecular flexibility index (Phi) is 4.31. The van der Waals surface area contributed by atoms with E-state index < -0.39 is 0 Å². The van der Waals surface area contributed by atoms with E-state index in [4.69, 9.17) is 0 Å². The minimum Gasteiger partial charge on any atom is -0.0620 e. The Labute approximate surface area is 114 Å². The van der Waals surface area contributed by atoms with Gasteiger partial charge in [0.25, 0.3) is 0 Å². The van der Waals surface area contributed by atoms with E-state index in [9.17, 15) is 0 Å². The summed E-state index contributed by atoms with van der Waals surface area (Å²) in [5.41, 5.74) is 0. The molecule has 3 rings (SSSR count). The van der Waals surface area contributed by atoms with Gasteiger partial charge in [-0.05, 0) is 48.9 Å². The van der Waals surface area contributed by atoms with Crippen molar-refractivity contribution in [2.75, 3.05) is 0 Å². The van der Waals surface area contributed by atoms with Gasteiger partial charge in [0.2, 0.25) is 0 Å². The molecule has 3 aliphatic carbocycles. The van der Waals surface area contributed by atoms with Crippen LogP contribution in [-0.4, -0.2) is 0 Å². The van der Waals surface area contributed by atoms with Crippen molar-refractivity contribution in [2.45, 2.75) is 84.0 Å². The van der Waals surface area contributed by atoms with Gasteiger partial charge in [-0.15, -0.1) is 0 Å². The van der Waals surface area contributed by atoms with Crippen molar-refractivity contribution >= 4 is 0 Å². The zero-order valence-corrected chi connectivity index (χ0v) is 12.4. The maximum absolute atomic E-state index is 2.60. The normalized spacial score (nSPS) is 40.2. The first-order valence-corrected chi connectivity index (χ1v) is 8.84. The molecule has 4 unspecified atom stereocenters. The van der Waals surface area contributed by atoms with Crippen molar-refractivity contribution in [3.63, 3.8) is 0 Å². The van der Waals surface area contributed by atoms with Crippen molar-refractivity contribution in [3.8, 4) is 0 Å². The largest absolute Gasteiger partial charge is 0.0620 e. The van der Waals surface area contributed by atoms with E-state index in [1.807, 2.05) is 0 Å². The molecule has 18 heavy (non-hydrogen) atoms. The van der Waals surface area contributed by atoms with Crippen molar-refractivity contribution in [1.82, 2.24) is 0 Å². The second kappa shape index (κ2) is 5.97. The number of hydrogen-bond donors (Lipinski definition) is 0. The minimum absolute atomic E-state index is 1.04. The van der Waals surface area contributed by atoms with Crippen LogP contribution in [0.4, 0.5) is 0 Å². The predicted octanol–water partition coefficient (Wildman–Crippen LogP) is 5.81. The molecule has 0 bridgehead atoms. The molecule has 3 fully saturated rings. The molecule has 0 spiro atoms. The summed E-state index contributed by atoms with van der Waals surface area (Å²) in [5, 5.41) is 0. The monoisotopic (exact) mass is 248 g/mol. The van der Waals surface area contributed by atoms with Crippen LogP contribution in [0.15, 0.2) is 0 Å². The minimum atomic E-state index is 1.04. The second-order valence-corrected chi connectivity index (χ2v) is 7.63. The highest BCUT2D eigenvalue weighted by Gasteiger charge is 2.36. The van der Waals surface area contributed by atoms with Crippen molar-refractivity contribution in [3.05, 3.63) is 0 Å². The lowest BCUT2D eigenvalue weighted by Gasteiger charge is -2.43. The molecule has 0 aromatic rings. The first-order valence-electron chi connectivity index (χ1n) is 8.84. The van der Waals surface area contributed by atoms with Gasteiger partial charge in [0.1, 0.15) is 0 Å². The third-order valence-electron chi connectivity index (χ3n) is 6.72. The molecular weight excluding hydrogens is 216 g/mol. The SMILES string of the molecule is CC(C1CCCCC1)C1CCC2CCCCC2C1. The van der Waals surface area contributed by atoms with Crippen molar-refractivity contribution < 1.29 is 0 Å². The van der Waals surface area contributed by atoms with Crippen molar-refractivity contribution in [1.29, 1.82) is 0 Å². The summed E-state index contributed by atoms with van der Waals surface area (Å²) in [6, 6.07) is 0. The Morgan fingerprint density at radius 2 is 1.28 bits per heavy atom. The van der Waals surface area contributed by atoms with E-state index >= 15 is 0 Å².